The van der Waals surface area contributed by atoms with E-state index in [1.807, 2.05) is 26.0 Å². The van der Waals surface area contributed by atoms with Gasteiger partial charge in [0.25, 0.3) is 0 Å². The number of H-pyrrole nitrogens is 1. The number of aromatic nitrogens is 4. The van der Waals surface area contributed by atoms with Crippen LogP contribution >= 0.6 is 0 Å². The van der Waals surface area contributed by atoms with Gasteiger partial charge in [-0.05, 0) is 38.5 Å². The molecule has 2 rings (SSSR count). The largest absolute Gasteiger partial charge is 0.494 e. The molecular weight excluding hydrogens is 242 g/mol. The highest BCUT2D eigenvalue weighted by atomic mass is 16.5. The number of nitrogens with one attached hydrogen (secondary N) is 2. The molecule has 2 aromatic rings. The highest BCUT2D eigenvalue weighted by Crippen LogP contribution is 2.20. The summed E-state index contributed by atoms with van der Waals surface area (Å²) in [6.45, 7) is 6.77. The van der Waals surface area contributed by atoms with Gasteiger partial charge in [0.2, 0.25) is 0 Å². The number of aromatic amines is 1. The van der Waals surface area contributed by atoms with E-state index in [0.717, 1.165) is 5.75 Å². The molecule has 0 aliphatic carbocycles. The number of nitrogens with zero attached hydrogens (tertiary/aromatic N) is 3. The lowest BCUT2D eigenvalue weighted by molar-refractivity contribution is 0.340. The maximum absolute atomic E-state index is 5.43. The lowest BCUT2D eigenvalue weighted by Crippen LogP contribution is -2.23. The van der Waals surface area contributed by atoms with E-state index in [2.05, 4.69) is 45.0 Å². The molecule has 19 heavy (non-hydrogen) atoms. The standard InChI is InChI=1S/C13H19N5O/c1-4-19-12-7-5-11(6-8-12)9(2)14-10(3)13-15-17-18-16-13/h5-10,14H,4H2,1-3H3,(H,15,16,17,18). The normalized spacial score (nSPS) is 14.1. The van der Waals surface area contributed by atoms with Crippen LogP contribution < -0.4 is 10.1 Å². The molecule has 0 aliphatic heterocycles. The monoisotopic (exact) mass is 261 g/mol. The van der Waals surface area contributed by atoms with Gasteiger partial charge in [0.1, 0.15) is 5.75 Å². The first-order valence-corrected chi connectivity index (χ1v) is 6.43. The van der Waals surface area contributed by atoms with Crippen LogP contribution in [-0.2, 0) is 0 Å². The number of hydrogen-bond donors (Lipinski definition) is 2. The van der Waals surface area contributed by atoms with Crippen molar-refractivity contribution in [1.29, 1.82) is 0 Å². The Morgan fingerprint density at radius 1 is 1.21 bits per heavy atom. The summed E-state index contributed by atoms with van der Waals surface area (Å²) < 4.78 is 5.43. The van der Waals surface area contributed by atoms with Crippen molar-refractivity contribution in [2.24, 2.45) is 0 Å². The average molecular weight is 261 g/mol. The smallest absolute Gasteiger partial charge is 0.191 e. The second-order valence-corrected chi connectivity index (χ2v) is 4.38. The minimum atomic E-state index is 0.0420. The third-order valence-electron chi connectivity index (χ3n) is 2.94. The van der Waals surface area contributed by atoms with Crippen molar-refractivity contribution in [3.05, 3.63) is 35.7 Å². The van der Waals surface area contributed by atoms with E-state index in [-0.39, 0.29) is 12.1 Å². The molecule has 0 saturated carbocycles. The number of ether oxygens (including phenoxy) is 1. The van der Waals surface area contributed by atoms with Gasteiger partial charge >= 0.3 is 0 Å². The lowest BCUT2D eigenvalue weighted by Gasteiger charge is -2.18. The van der Waals surface area contributed by atoms with Gasteiger partial charge in [-0.15, -0.1) is 10.2 Å². The molecule has 1 heterocycles. The van der Waals surface area contributed by atoms with Crippen molar-refractivity contribution in [3.63, 3.8) is 0 Å². The zero-order valence-corrected chi connectivity index (χ0v) is 11.4. The van der Waals surface area contributed by atoms with E-state index in [1.54, 1.807) is 0 Å². The number of tetrazole rings is 1. The Morgan fingerprint density at radius 3 is 2.53 bits per heavy atom. The Bertz CT molecular complexity index is 482. The maximum atomic E-state index is 5.43. The molecule has 2 N–H and O–H groups in total. The summed E-state index contributed by atoms with van der Waals surface area (Å²) in [6, 6.07) is 8.33. The zero-order valence-electron chi connectivity index (χ0n) is 11.4. The second kappa shape index (κ2) is 6.29. The number of rotatable bonds is 6. The Morgan fingerprint density at radius 2 is 1.95 bits per heavy atom. The highest BCUT2D eigenvalue weighted by Gasteiger charge is 2.14. The first-order valence-electron chi connectivity index (χ1n) is 6.43. The first-order chi connectivity index (χ1) is 9.20. The molecule has 0 amide bonds. The summed E-state index contributed by atoms with van der Waals surface area (Å²) >= 11 is 0. The predicted molar refractivity (Wildman–Crippen MR) is 71.8 cm³/mol. The SMILES string of the molecule is CCOc1ccc(C(C)NC(C)c2nn[nH]n2)cc1. The van der Waals surface area contributed by atoms with Crippen LogP contribution in [0.3, 0.4) is 0 Å². The fourth-order valence-corrected chi connectivity index (χ4v) is 1.92. The van der Waals surface area contributed by atoms with Crippen molar-refractivity contribution in [1.82, 2.24) is 25.9 Å². The maximum Gasteiger partial charge on any atom is 0.191 e. The molecule has 102 valence electrons. The fraction of sp³-hybridized carbons (Fsp3) is 0.462. The average Bonchev–Trinajstić information content (AvgIpc) is 2.94. The zero-order chi connectivity index (χ0) is 13.7. The fourth-order valence-electron chi connectivity index (χ4n) is 1.92. The Hall–Kier alpha value is -1.95. The van der Waals surface area contributed by atoms with Crippen molar-refractivity contribution in [2.75, 3.05) is 6.61 Å². The van der Waals surface area contributed by atoms with Crippen LogP contribution in [0.2, 0.25) is 0 Å². The van der Waals surface area contributed by atoms with Gasteiger partial charge in [-0.1, -0.05) is 17.3 Å². The molecule has 0 spiro atoms. The number of hydrogen-bond acceptors (Lipinski definition) is 5. The van der Waals surface area contributed by atoms with Crippen LogP contribution in [0.1, 0.15) is 44.2 Å². The number of benzene rings is 1. The first kappa shape index (κ1) is 13.5. The minimum absolute atomic E-state index is 0.0420. The van der Waals surface area contributed by atoms with Crippen molar-refractivity contribution >= 4 is 0 Å². The third kappa shape index (κ3) is 3.51. The quantitative estimate of drug-likeness (QED) is 0.832. The van der Waals surface area contributed by atoms with Crippen LogP contribution in [0.25, 0.3) is 0 Å². The molecule has 2 atom stereocenters. The van der Waals surface area contributed by atoms with Gasteiger partial charge in [0, 0.05) is 6.04 Å². The van der Waals surface area contributed by atoms with E-state index in [4.69, 9.17) is 4.74 Å². The molecular formula is C13H19N5O. The van der Waals surface area contributed by atoms with E-state index >= 15 is 0 Å². The third-order valence-corrected chi connectivity index (χ3v) is 2.94. The van der Waals surface area contributed by atoms with Crippen LogP contribution in [0.5, 0.6) is 5.75 Å². The molecule has 6 nitrogen and oxygen atoms in total. The van der Waals surface area contributed by atoms with Gasteiger partial charge < -0.3 is 10.1 Å². The van der Waals surface area contributed by atoms with Crippen LogP contribution in [0, 0.1) is 0 Å². The molecule has 0 aliphatic rings. The molecule has 1 aromatic carbocycles. The highest BCUT2D eigenvalue weighted by molar-refractivity contribution is 5.29. The van der Waals surface area contributed by atoms with E-state index in [0.29, 0.717) is 12.4 Å². The Labute approximate surface area is 112 Å². The lowest BCUT2D eigenvalue weighted by atomic mass is 10.1. The minimum Gasteiger partial charge on any atom is -0.494 e. The molecule has 0 fully saturated rings. The van der Waals surface area contributed by atoms with Gasteiger partial charge in [-0.2, -0.15) is 5.21 Å². The van der Waals surface area contributed by atoms with Gasteiger partial charge in [0.05, 0.1) is 12.6 Å². The Kier molecular flexibility index (Phi) is 4.46. The second-order valence-electron chi connectivity index (χ2n) is 4.38. The molecule has 0 bridgehead atoms. The van der Waals surface area contributed by atoms with Crippen molar-refractivity contribution in [2.45, 2.75) is 32.9 Å². The summed E-state index contributed by atoms with van der Waals surface area (Å²) in [4.78, 5) is 0. The molecule has 0 saturated heterocycles. The Balaban J connectivity index is 1.97. The predicted octanol–water partition coefficient (Wildman–Crippen LogP) is 2.01. The van der Waals surface area contributed by atoms with E-state index in [9.17, 15) is 0 Å². The van der Waals surface area contributed by atoms with E-state index < -0.39 is 0 Å². The van der Waals surface area contributed by atoms with Gasteiger partial charge in [0.15, 0.2) is 5.82 Å². The molecule has 1 aromatic heterocycles. The molecule has 6 heteroatoms. The summed E-state index contributed by atoms with van der Waals surface area (Å²) in [7, 11) is 0. The van der Waals surface area contributed by atoms with E-state index in [1.165, 1.54) is 5.56 Å². The van der Waals surface area contributed by atoms with Gasteiger partial charge in [-0.3, -0.25) is 0 Å². The van der Waals surface area contributed by atoms with Gasteiger partial charge in [-0.25, -0.2) is 0 Å². The molecule has 2 unspecified atom stereocenters. The summed E-state index contributed by atoms with van der Waals surface area (Å²) in [5.74, 6) is 1.56. The van der Waals surface area contributed by atoms with Crippen molar-refractivity contribution in [3.8, 4) is 5.75 Å². The topological polar surface area (TPSA) is 75.7 Å². The van der Waals surface area contributed by atoms with Crippen LogP contribution in [0.15, 0.2) is 24.3 Å². The van der Waals surface area contributed by atoms with Crippen LogP contribution in [-0.4, -0.2) is 27.2 Å². The van der Waals surface area contributed by atoms with Crippen LogP contribution in [0.4, 0.5) is 0 Å². The molecule has 0 radical (unpaired) electrons. The summed E-state index contributed by atoms with van der Waals surface area (Å²) in [5.41, 5.74) is 1.19. The summed E-state index contributed by atoms with van der Waals surface area (Å²) in [6.07, 6.45) is 0. The summed E-state index contributed by atoms with van der Waals surface area (Å²) in [5, 5.41) is 17.4. The van der Waals surface area contributed by atoms with Crippen molar-refractivity contribution < 1.29 is 4.74 Å².